The first-order valence-corrected chi connectivity index (χ1v) is 8.07. The van der Waals surface area contributed by atoms with Crippen molar-refractivity contribution in [2.75, 3.05) is 12.4 Å². The molecule has 2 aromatic heterocycles. The van der Waals surface area contributed by atoms with Gasteiger partial charge in [0.15, 0.2) is 5.82 Å². The van der Waals surface area contributed by atoms with E-state index in [1.54, 1.807) is 18.6 Å². The van der Waals surface area contributed by atoms with Crippen LogP contribution in [0, 0.1) is 6.92 Å². The fourth-order valence-electron chi connectivity index (χ4n) is 2.77. The monoisotopic (exact) mass is 327 g/mol. The molecule has 1 N–H and O–H groups in total. The van der Waals surface area contributed by atoms with Crippen molar-refractivity contribution < 1.29 is 0 Å². The summed E-state index contributed by atoms with van der Waals surface area (Å²) in [7, 11) is 1.86. The molecule has 122 valence electrons. The number of fused-ring (bicyclic) bond motifs is 1. The van der Waals surface area contributed by atoms with Gasteiger partial charge in [-0.05, 0) is 30.2 Å². The van der Waals surface area contributed by atoms with E-state index in [1.807, 2.05) is 7.05 Å². The van der Waals surface area contributed by atoms with Crippen LogP contribution in [0.5, 0.6) is 0 Å². The molecule has 0 fully saturated rings. The van der Waals surface area contributed by atoms with Crippen LogP contribution in [0.25, 0.3) is 33.5 Å². The molecule has 0 saturated heterocycles. The van der Waals surface area contributed by atoms with Gasteiger partial charge in [-0.25, -0.2) is 15.0 Å². The maximum Gasteiger partial charge on any atom is 0.182 e. The Hall–Kier alpha value is -3.34. The van der Waals surface area contributed by atoms with Gasteiger partial charge in [-0.3, -0.25) is 4.98 Å². The van der Waals surface area contributed by atoms with Gasteiger partial charge < -0.3 is 5.32 Å². The molecule has 2 heterocycles. The molecule has 0 atom stereocenters. The van der Waals surface area contributed by atoms with E-state index in [1.165, 1.54) is 5.56 Å². The number of rotatable bonds is 3. The maximum atomic E-state index is 4.70. The zero-order chi connectivity index (χ0) is 17.2. The van der Waals surface area contributed by atoms with E-state index in [0.717, 1.165) is 27.8 Å². The van der Waals surface area contributed by atoms with Crippen molar-refractivity contribution >= 4 is 16.7 Å². The lowest BCUT2D eigenvalue weighted by Crippen LogP contribution is -2.00. The summed E-state index contributed by atoms with van der Waals surface area (Å²) in [6.45, 7) is 2.09. The maximum absolute atomic E-state index is 4.70. The average Bonchev–Trinajstić information content (AvgIpc) is 2.68. The van der Waals surface area contributed by atoms with Gasteiger partial charge in [0.2, 0.25) is 0 Å². The molecule has 4 aromatic rings. The topological polar surface area (TPSA) is 63.6 Å². The van der Waals surface area contributed by atoms with Gasteiger partial charge in [0, 0.05) is 24.8 Å². The predicted octanol–water partition coefficient (Wildman–Crippen LogP) is 4.10. The highest BCUT2D eigenvalue weighted by atomic mass is 15.0. The molecular formula is C20H17N5. The lowest BCUT2D eigenvalue weighted by atomic mass is 10.0. The van der Waals surface area contributed by atoms with Crippen LogP contribution in [0.3, 0.4) is 0 Å². The number of hydrogen-bond acceptors (Lipinski definition) is 5. The van der Waals surface area contributed by atoms with Crippen LogP contribution in [0.1, 0.15) is 5.56 Å². The van der Waals surface area contributed by atoms with E-state index in [4.69, 9.17) is 4.98 Å². The molecule has 4 rings (SSSR count). The van der Waals surface area contributed by atoms with Crippen LogP contribution in [0.4, 0.5) is 5.82 Å². The summed E-state index contributed by atoms with van der Waals surface area (Å²) in [5.41, 5.74) is 5.06. The predicted molar refractivity (Wildman–Crippen MR) is 100 cm³/mol. The summed E-state index contributed by atoms with van der Waals surface area (Å²) < 4.78 is 0. The fourth-order valence-corrected chi connectivity index (χ4v) is 2.77. The lowest BCUT2D eigenvalue weighted by Gasteiger charge is -2.09. The zero-order valence-corrected chi connectivity index (χ0v) is 14.1. The third kappa shape index (κ3) is 2.92. The second kappa shape index (κ2) is 6.28. The van der Waals surface area contributed by atoms with E-state index in [9.17, 15) is 0 Å². The number of aryl methyl sites for hydroxylation is 1. The summed E-state index contributed by atoms with van der Waals surface area (Å²) in [4.78, 5) is 17.7. The summed E-state index contributed by atoms with van der Waals surface area (Å²) in [6, 6.07) is 14.7. The molecule has 0 aliphatic heterocycles. The molecule has 0 bridgehead atoms. The Morgan fingerprint density at radius 3 is 2.40 bits per heavy atom. The van der Waals surface area contributed by atoms with Crippen LogP contribution < -0.4 is 5.32 Å². The van der Waals surface area contributed by atoms with Gasteiger partial charge in [-0.2, -0.15) is 0 Å². The number of nitrogens with zero attached hydrogens (tertiary/aromatic N) is 4. The van der Waals surface area contributed by atoms with Crippen molar-refractivity contribution in [3.8, 4) is 22.6 Å². The first kappa shape index (κ1) is 15.2. The average molecular weight is 327 g/mol. The van der Waals surface area contributed by atoms with Crippen LogP contribution in [-0.4, -0.2) is 27.0 Å². The molecular weight excluding hydrogens is 310 g/mol. The highest BCUT2D eigenvalue weighted by Gasteiger charge is 2.11. The number of nitrogens with one attached hydrogen (secondary N) is 1. The molecule has 0 amide bonds. The molecule has 0 radical (unpaired) electrons. The molecule has 0 aliphatic carbocycles. The Kier molecular flexibility index (Phi) is 3.82. The van der Waals surface area contributed by atoms with Crippen LogP contribution in [-0.2, 0) is 0 Å². The summed E-state index contributed by atoms with van der Waals surface area (Å²) in [6.07, 6.45) is 4.95. The fraction of sp³-hybridized carbons (Fsp3) is 0.100. The second-order valence-electron chi connectivity index (χ2n) is 5.83. The van der Waals surface area contributed by atoms with Gasteiger partial charge >= 0.3 is 0 Å². The van der Waals surface area contributed by atoms with E-state index in [2.05, 4.69) is 69.7 Å². The third-order valence-corrected chi connectivity index (χ3v) is 4.11. The van der Waals surface area contributed by atoms with Crippen molar-refractivity contribution in [1.29, 1.82) is 0 Å². The number of aromatic nitrogens is 4. The minimum Gasteiger partial charge on any atom is -0.373 e. The minimum absolute atomic E-state index is 0.561. The smallest absolute Gasteiger partial charge is 0.182 e. The number of anilines is 1. The Balaban J connectivity index is 1.89. The van der Waals surface area contributed by atoms with Gasteiger partial charge in [0.25, 0.3) is 0 Å². The lowest BCUT2D eigenvalue weighted by molar-refractivity contribution is 1.13. The molecule has 2 aromatic carbocycles. The van der Waals surface area contributed by atoms with Gasteiger partial charge in [-0.1, -0.05) is 35.9 Å². The van der Waals surface area contributed by atoms with Gasteiger partial charge in [0.05, 0.1) is 11.7 Å². The van der Waals surface area contributed by atoms with Crippen LogP contribution in [0.2, 0.25) is 0 Å². The molecule has 0 unspecified atom stereocenters. The number of benzene rings is 2. The van der Waals surface area contributed by atoms with Crippen LogP contribution >= 0.6 is 0 Å². The summed E-state index contributed by atoms with van der Waals surface area (Å²) >= 11 is 0. The van der Waals surface area contributed by atoms with Crippen molar-refractivity contribution in [1.82, 2.24) is 19.9 Å². The van der Waals surface area contributed by atoms with Gasteiger partial charge in [0.1, 0.15) is 11.5 Å². The normalized spacial score (nSPS) is 10.8. The molecule has 25 heavy (non-hydrogen) atoms. The van der Waals surface area contributed by atoms with Crippen LogP contribution in [0.15, 0.2) is 61.1 Å². The van der Waals surface area contributed by atoms with Crippen molar-refractivity contribution in [3.63, 3.8) is 0 Å². The Morgan fingerprint density at radius 2 is 1.68 bits per heavy atom. The van der Waals surface area contributed by atoms with E-state index < -0.39 is 0 Å². The molecule has 0 spiro atoms. The van der Waals surface area contributed by atoms with Crippen molar-refractivity contribution in [2.24, 2.45) is 0 Å². The zero-order valence-electron chi connectivity index (χ0n) is 14.1. The first-order chi connectivity index (χ1) is 12.2. The second-order valence-corrected chi connectivity index (χ2v) is 5.83. The SMILES string of the molecule is CNc1nc(-c2cnccn2)nc2cc(-c3ccc(C)cc3)ccc12. The largest absolute Gasteiger partial charge is 0.373 e. The van der Waals surface area contributed by atoms with Crippen molar-refractivity contribution in [2.45, 2.75) is 6.92 Å². The van der Waals surface area contributed by atoms with E-state index in [0.29, 0.717) is 11.5 Å². The Labute approximate surface area is 145 Å². The van der Waals surface area contributed by atoms with Crippen molar-refractivity contribution in [3.05, 3.63) is 66.6 Å². The molecule has 5 heteroatoms. The summed E-state index contributed by atoms with van der Waals surface area (Å²) in [5, 5.41) is 4.13. The van der Waals surface area contributed by atoms with Gasteiger partial charge in [-0.15, -0.1) is 0 Å². The van der Waals surface area contributed by atoms with E-state index in [-0.39, 0.29) is 0 Å². The minimum atomic E-state index is 0.561. The number of hydrogen-bond donors (Lipinski definition) is 1. The Morgan fingerprint density at radius 1 is 0.880 bits per heavy atom. The quantitative estimate of drug-likeness (QED) is 0.613. The Bertz CT molecular complexity index is 1030. The highest BCUT2D eigenvalue weighted by Crippen LogP contribution is 2.28. The standard InChI is InChI=1S/C20H17N5/c1-13-3-5-14(6-4-13)15-7-8-16-17(11-15)24-20(25-19(16)21-2)18-12-22-9-10-23-18/h3-12H,1-2H3,(H,21,24,25). The first-order valence-electron chi connectivity index (χ1n) is 8.07. The molecule has 0 saturated carbocycles. The molecule has 0 aliphatic rings. The van der Waals surface area contributed by atoms with E-state index >= 15 is 0 Å². The third-order valence-electron chi connectivity index (χ3n) is 4.11. The molecule has 5 nitrogen and oxygen atoms in total. The summed E-state index contributed by atoms with van der Waals surface area (Å²) in [5.74, 6) is 1.34. The highest BCUT2D eigenvalue weighted by molar-refractivity contribution is 5.93.